The van der Waals surface area contributed by atoms with Crippen molar-refractivity contribution in [2.24, 2.45) is 0 Å². The highest BCUT2D eigenvalue weighted by Gasteiger charge is 2.35. The summed E-state index contributed by atoms with van der Waals surface area (Å²) in [6, 6.07) is 43.5. The third-order valence-corrected chi connectivity index (χ3v) is 7.06. The normalized spacial score (nSPS) is 13.2. The molecule has 0 heterocycles. The Morgan fingerprint density at radius 3 is 1.68 bits per heavy atom. The summed E-state index contributed by atoms with van der Waals surface area (Å²) in [6.07, 6.45) is 0. The van der Waals surface area contributed by atoms with E-state index in [9.17, 15) is 0 Å². The lowest BCUT2D eigenvalue weighted by Gasteiger charge is -2.22. The summed E-state index contributed by atoms with van der Waals surface area (Å²) < 4.78 is 0. The van der Waals surface area contributed by atoms with Crippen LogP contribution < -0.4 is 5.32 Å². The summed E-state index contributed by atoms with van der Waals surface area (Å²) in [4.78, 5) is 0. The van der Waals surface area contributed by atoms with Crippen LogP contribution in [-0.2, 0) is 5.41 Å². The molecule has 0 spiro atoms. The number of rotatable bonds is 4. The van der Waals surface area contributed by atoms with Gasteiger partial charge in [0.05, 0.1) is 0 Å². The fourth-order valence-electron chi connectivity index (χ4n) is 5.30. The minimum atomic E-state index is -0.00399. The summed E-state index contributed by atoms with van der Waals surface area (Å²) in [6.45, 7) is 4.65. The van der Waals surface area contributed by atoms with Crippen LogP contribution in [-0.4, -0.2) is 0 Å². The Labute approximate surface area is 201 Å². The van der Waals surface area contributed by atoms with Crippen molar-refractivity contribution >= 4 is 11.4 Å². The zero-order valence-electron chi connectivity index (χ0n) is 19.5. The second-order valence-corrected chi connectivity index (χ2v) is 9.55. The van der Waals surface area contributed by atoms with Crippen LogP contribution >= 0.6 is 0 Å². The third kappa shape index (κ3) is 3.41. The van der Waals surface area contributed by atoms with Crippen LogP contribution in [0.25, 0.3) is 33.4 Å². The lowest BCUT2D eigenvalue weighted by Crippen LogP contribution is -2.15. The SMILES string of the molecule is CC1(C)c2ccccc2-c2ccc(Nc3ccc(-c4ccccc4)c(-c4ccccc4)c3)cc21. The minimum absolute atomic E-state index is 0.00399. The molecule has 0 radical (unpaired) electrons. The summed E-state index contributed by atoms with van der Waals surface area (Å²) in [5.41, 5.74) is 12.6. The summed E-state index contributed by atoms with van der Waals surface area (Å²) in [5.74, 6) is 0. The van der Waals surface area contributed by atoms with Crippen molar-refractivity contribution in [2.75, 3.05) is 5.32 Å². The highest BCUT2D eigenvalue weighted by atomic mass is 14.9. The topological polar surface area (TPSA) is 12.0 Å². The molecule has 5 aromatic carbocycles. The van der Waals surface area contributed by atoms with Gasteiger partial charge < -0.3 is 5.32 Å². The maximum absolute atomic E-state index is 3.69. The predicted molar refractivity (Wildman–Crippen MR) is 145 cm³/mol. The van der Waals surface area contributed by atoms with Crippen LogP contribution in [0.2, 0.25) is 0 Å². The number of hydrogen-bond acceptors (Lipinski definition) is 1. The van der Waals surface area contributed by atoms with Gasteiger partial charge in [-0.1, -0.05) is 111 Å². The van der Waals surface area contributed by atoms with Gasteiger partial charge in [-0.3, -0.25) is 0 Å². The van der Waals surface area contributed by atoms with E-state index in [1.807, 2.05) is 0 Å². The van der Waals surface area contributed by atoms with Gasteiger partial charge in [-0.05, 0) is 68.8 Å². The smallest absolute Gasteiger partial charge is 0.0390 e. The van der Waals surface area contributed by atoms with Gasteiger partial charge in [0.2, 0.25) is 0 Å². The molecule has 5 aromatic rings. The molecule has 0 fully saturated rings. The number of nitrogens with one attached hydrogen (secondary N) is 1. The van der Waals surface area contributed by atoms with Gasteiger partial charge in [0.1, 0.15) is 0 Å². The van der Waals surface area contributed by atoms with E-state index in [1.165, 1.54) is 44.5 Å². The van der Waals surface area contributed by atoms with E-state index < -0.39 is 0 Å². The second-order valence-electron chi connectivity index (χ2n) is 9.55. The predicted octanol–water partition coefficient (Wildman–Crippen LogP) is 9.07. The number of fused-ring (bicyclic) bond motifs is 3. The summed E-state index contributed by atoms with van der Waals surface area (Å²) >= 11 is 0. The molecule has 6 rings (SSSR count). The van der Waals surface area contributed by atoms with E-state index in [0.717, 1.165) is 11.4 Å². The molecule has 1 nitrogen and oxygen atoms in total. The molecule has 34 heavy (non-hydrogen) atoms. The van der Waals surface area contributed by atoms with Crippen molar-refractivity contribution < 1.29 is 0 Å². The Morgan fingerprint density at radius 2 is 0.971 bits per heavy atom. The van der Waals surface area contributed by atoms with Crippen LogP contribution in [0.4, 0.5) is 11.4 Å². The number of benzene rings is 5. The molecule has 164 valence electrons. The van der Waals surface area contributed by atoms with Gasteiger partial charge in [0, 0.05) is 16.8 Å². The van der Waals surface area contributed by atoms with Crippen LogP contribution in [0.15, 0.2) is 121 Å². The van der Waals surface area contributed by atoms with Crippen molar-refractivity contribution in [3.05, 3.63) is 132 Å². The molecule has 0 bridgehead atoms. The van der Waals surface area contributed by atoms with Crippen molar-refractivity contribution in [3.8, 4) is 33.4 Å². The Morgan fingerprint density at radius 1 is 0.441 bits per heavy atom. The highest BCUT2D eigenvalue weighted by Crippen LogP contribution is 2.49. The molecular weight excluding hydrogens is 410 g/mol. The first-order valence-electron chi connectivity index (χ1n) is 11.9. The first-order chi connectivity index (χ1) is 16.6. The van der Waals surface area contributed by atoms with E-state index in [2.05, 4.69) is 140 Å². The molecule has 0 aromatic heterocycles. The first-order valence-corrected chi connectivity index (χ1v) is 11.9. The summed E-state index contributed by atoms with van der Waals surface area (Å²) in [7, 11) is 0. The largest absolute Gasteiger partial charge is 0.355 e. The van der Waals surface area contributed by atoms with Crippen LogP contribution in [0, 0.1) is 0 Å². The van der Waals surface area contributed by atoms with Crippen molar-refractivity contribution in [1.29, 1.82) is 0 Å². The Bertz CT molecular complexity index is 1480. The molecule has 0 aliphatic heterocycles. The van der Waals surface area contributed by atoms with Crippen LogP contribution in [0.3, 0.4) is 0 Å². The van der Waals surface area contributed by atoms with Crippen molar-refractivity contribution in [1.82, 2.24) is 0 Å². The molecule has 1 aliphatic carbocycles. The summed E-state index contributed by atoms with van der Waals surface area (Å²) in [5, 5.41) is 3.69. The van der Waals surface area contributed by atoms with Crippen molar-refractivity contribution in [3.63, 3.8) is 0 Å². The average molecular weight is 438 g/mol. The minimum Gasteiger partial charge on any atom is -0.355 e. The maximum Gasteiger partial charge on any atom is 0.0390 e. The van der Waals surface area contributed by atoms with Gasteiger partial charge >= 0.3 is 0 Å². The third-order valence-electron chi connectivity index (χ3n) is 7.06. The first kappa shape index (κ1) is 20.5. The van der Waals surface area contributed by atoms with Gasteiger partial charge in [0.15, 0.2) is 0 Å². The number of hydrogen-bond donors (Lipinski definition) is 1. The molecule has 0 amide bonds. The van der Waals surface area contributed by atoms with E-state index in [4.69, 9.17) is 0 Å². The molecule has 0 unspecified atom stereocenters. The zero-order valence-corrected chi connectivity index (χ0v) is 19.5. The standard InChI is InChI=1S/C33H27N/c1-33(2)31-16-10-9-15-28(31)29-20-18-26(22-32(29)33)34-25-17-19-27(23-11-5-3-6-12-23)30(21-25)24-13-7-4-8-14-24/h3-22,34H,1-2H3. The zero-order chi connectivity index (χ0) is 23.1. The fourth-order valence-corrected chi connectivity index (χ4v) is 5.30. The molecular formula is C33H27N. The van der Waals surface area contributed by atoms with E-state index in [0.29, 0.717) is 0 Å². The van der Waals surface area contributed by atoms with Crippen LogP contribution in [0.1, 0.15) is 25.0 Å². The van der Waals surface area contributed by atoms with Gasteiger partial charge in [-0.2, -0.15) is 0 Å². The van der Waals surface area contributed by atoms with E-state index in [1.54, 1.807) is 0 Å². The van der Waals surface area contributed by atoms with Crippen molar-refractivity contribution in [2.45, 2.75) is 19.3 Å². The molecule has 0 saturated carbocycles. The van der Waals surface area contributed by atoms with E-state index in [-0.39, 0.29) is 5.41 Å². The molecule has 1 heteroatoms. The highest BCUT2D eigenvalue weighted by molar-refractivity contribution is 5.87. The Hall–Kier alpha value is -4.10. The molecule has 0 saturated heterocycles. The average Bonchev–Trinajstić information content (AvgIpc) is 3.12. The van der Waals surface area contributed by atoms with Gasteiger partial charge in [-0.15, -0.1) is 0 Å². The number of anilines is 2. The lowest BCUT2D eigenvalue weighted by molar-refractivity contribution is 0.660. The van der Waals surface area contributed by atoms with Gasteiger partial charge in [0.25, 0.3) is 0 Å². The lowest BCUT2D eigenvalue weighted by atomic mass is 9.82. The maximum atomic E-state index is 3.69. The van der Waals surface area contributed by atoms with E-state index >= 15 is 0 Å². The van der Waals surface area contributed by atoms with Gasteiger partial charge in [-0.25, -0.2) is 0 Å². The molecule has 1 N–H and O–H groups in total. The monoisotopic (exact) mass is 437 g/mol. The fraction of sp³-hybridized carbons (Fsp3) is 0.0909. The quantitative estimate of drug-likeness (QED) is 0.296. The Balaban J connectivity index is 1.40. The Kier molecular flexibility index (Phi) is 4.85. The second kappa shape index (κ2) is 8.04. The molecule has 0 atom stereocenters. The molecule has 1 aliphatic rings. The van der Waals surface area contributed by atoms with Crippen LogP contribution in [0.5, 0.6) is 0 Å².